The highest BCUT2D eigenvalue weighted by Gasteiger charge is 1.49. The molecule has 0 aliphatic carbocycles. The van der Waals surface area contributed by atoms with Crippen LogP contribution >= 0.6 is 0 Å². The lowest BCUT2D eigenvalue weighted by molar-refractivity contribution is 1.28. The SMILES string of the molecule is CC#CC.CC#CCC.CC#CCC. The van der Waals surface area contributed by atoms with Crippen LogP contribution in [-0.2, 0) is 0 Å². The Kier molecular flexibility index (Phi) is 39.4. The van der Waals surface area contributed by atoms with Crippen molar-refractivity contribution in [1.82, 2.24) is 0 Å². The lowest BCUT2D eigenvalue weighted by atomic mass is 10.5. The molecule has 0 N–H and O–H groups in total. The maximum Gasteiger partial charge on any atom is 0.00601 e. The van der Waals surface area contributed by atoms with Crippen LogP contribution in [0.25, 0.3) is 0 Å². The van der Waals surface area contributed by atoms with E-state index < -0.39 is 0 Å². The molecule has 0 fully saturated rings. The zero-order chi connectivity index (χ0) is 11.7. The van der Waals surface area contributed by atoms with Gasteiger partial charge in [-0.3, -0.25) is 0 Å². The minimum absolute atomic E-state index is 0.983. The summed E-state index contributed by atoms with van der Waals surface area (Å²) in [5.41, 5.74) is 0. The molecule has 0 nitrogen and oxygen atoms in total. The second-order valence-electron chi connectivity index (χ2n) is 2.06. The summed E-state index contributed by atoms with van der Waals surface area (Å²) >= 11 is 0. The van der Waals surface area contributed by atoms with Crippen LogP contribution in [0.4, 0.5) is 0 Å². The van der Waals surface area contributed by atoms with Crippen LogP contribution in [0.3, 0.4) is 0 Å². The van der Waals surface area contributed by atoms with Gasteiger partial charge in [0.25, 0.3) is 0 Å². The van der Waals surface area contributed by atoms with Crippen molar-refractivity contribution < 1.29 is 0 Å². The van der Waals surface area contributed by atoms with Crippen LogP contribution in [0.2, 0.25) is 0 Å². The summed E-state index contributed by atoms with van der Waals surface area (Å²) in [4.78, 5) is 0. The molecule has 0 spiro atoms. The van der Waals surface area contributed by atoms with Gasteiger partial charge in [-0.2, -0.15) is 0 Å². The maximum atomic E-state index is 2.86. The van der Waals surface area contributed by atoms with Crippen LogP contribution in [0, 0.1) is 35.5 Å². The Bertz CT molecular complexity index is 213. The van der Waals surface area contributed by atoms with Crippen molar-refractivity contribution in [3.63, 3.8) is 0 Å². The topological polar surface area (TPSA) is 0 Å². The predicted octanol–water partition coefficient (Wildman–Crippen LogP) is 3.87. The van der Waals surface area contributed by atoms with Crippen LogP contribution in [0.1, 0.15) is 54.4 Å². The molecule has 0 aromatic rings. The van der Waals surface area contributed by atoms with E-state index in [1.807, 2.05) is 41.5 Å². The zero-order valence-corrected chi connectivity index (χ0v) is 10.4. The summed E-state index contributed by atoms with van der Waals surface area (Å²) in [6.07, 6.45) is 1.97. The van der Waals surface area contributed by atoms with Gasteiger partial charge in [-0.05, 0) is 27.7 Å². The molecular formula is C14H22. The van der Waals surface area contributed by atoms with Gasteiger partial charge in [0.05, 0.1) is 0 Å². The van der Waals surface area contributed by atoms with Crippen molar-refractivity contribution in [2.45, 2.75) is 54.4 Å². The van der Waals surface area contributed by atoms with Gasteiger partial charge in [-0.25, -0.2) is 0 Å². The second-order valence-corrected chi connectivity index (χ2v) is 2.06. The molecular weight excluding hydrogens is 168 g/mol. The van der Waals surface area contributed by atoms with E-state index in [-0.39, 0.29) is 0 Å². The molecule has 0 amide bonds. The van der Waals surface area contributed by atoms with E-state index in [0.29, 0.717) is 0 Å². The zero-order valence-electron chi connectivity index (χ0n) is 10.4. The summed E-state index contributed by atoms with van der Waals surface area (Å²) in [6, 6.07) is 0. The Hall–Kier alpha value is -1.32. The Morgan fingerprint density at radius 1 is 0.571 bits per heavy atom. The van der Waals surface area contributed by atoms with Gasteiger partial charge >= 0.3 is 0 Å². The smallest absolute Gasteiger partial charge is 0.00601 e. The molecule has 0 heteroatoms. The summed E-state index contributed by atoms with van der Waals surface area (Å²) in [5.74, 6) is 16.6. The number of hydrogen-bond donors (Lipinski definition) is 0. The maximum absolute atomic E-state index is 2.86. The van der Waals surface area contributed by atoms with E-state index in [9.17, 15) is 0 Å². The normalized spacial score (nSPS) is 4.71. The molecule has 0 radical (unpaired) electrons. The highest BCUT2D eigenvalue weighted by atomic mass is 13.5. The summed E-state index contributed by atoms with van der Waals surface area (Å²) < 4.78 is 0. The largest absolute Gasteiger partial charge is 0.107 e. The van der Waals surface area contributed by atoms with Crippen LogP contribution in [-0.4, -0.2) is 0 Å². The molecule has 0 aliphatic rings. The lowest BCUT2D eigenvalue weighted by Gasteiger charge is -1.58. The van der Waals surface area contributed by atoms with Gasteiger partial charge in [0.1, 0.15) is 0 Å². The molecule has 0 aliphatic heterocycles. The molecule has 0 aromatic heterocycles. The fraction of sp³-hybridized carbons (Fsp3) is 0.571. The first kappa shape index (κ1) is 18.5. The van der Waals surface area contributed by atoms with Gasteiger partial charge in [0.15, 0.2) is 0 Å². The molecule has 0 rings (SSSR count). The summed E-state index contributed by atoms with van der Waals surface area (Å²) in [5, 5.41) is 0. The lowest BCUT2D eigenvalue weighted by Crippen LogP contribution is -1.45. The fourth-order valence-corrected chi connectivity index (χ4v) is 0.354. The molecule has 0 atom stereocenters. The molecule has 14 heavy (non-hydrogen) atoms. The summed E-state index contributed by atoms with van der Waals surface area (Å²) in [6.45, 7) is 11.4. The van der Waals surface area contributed by atoms with E-state index in [1.54, 1.807) is 0 Å². The molecule has 0 unspecified atom stereocenters. The van der Waals surface area contributed by atoms with Crippen molar-refractivity contribution in [2.75, 3.05) is 0 Å². The first-order chi connectivity index (χ1) is 6.74. The quantitative estimate of drug-likeness (QED) is 0.509. The Labute approximate surface area is 90.5 Å². The molecule has 0 saturated carbocycles. The van der Waals surface area contributed by atoms with E-state index in [0.717, 1.165) is 12.8 Å². The van der Waals surface area contributed by atoms with Crippen LogP contribution in [0.5, 0.6) is 0 Å². The highest BCUT2D eigenvalue weighted by Crippen LogP contribution is 1.62. The average molecular weight is 190 g/mol. The van der Waals surface area contributed by atoms with Crippen molar-refractivity contribution in [3.05, 3.63) is 0 Å². The average Bonchev–Trinajstić information content (AvgIpc) is 2.22. The van der Waals surface area contributed by atoms with Crippen LogP contribution < -0.4 is 0 Å². The van der Waals surface area contributed by atoms with E-state index in [1.165, 1.54) is 0 Å². The standard InChI is InChI=1S/2C5H8.C4H6/c2*1-3-5-4-2;1-3-4-2/h2*3H2,1-2H3;1-2H3. The minimum atomic E-state index is 0.983. The Morgan fingerprint density at radius 2 is 0.857 bits per heavy atom. The van der Waals surface area contributed by atoms with Crippen molar-refractivity contribution in [2.24, 2.45) is 0 Å². The Balaban J connectivity index is -0.000000131. The van der Waals surface area contributed by atoms with E-state index >= 15 is 0 Å². The van der Waals surface area contributed by atoms with Crippen molar-refractivity contribution >= 4 is 0 Å². The third-order valence-corrected chi connectivity index (χ3v) is 0.957. The molecule has 0 bridgehead atoms. The minimum Gasteiger partial charge on any atom is -0.107 e. The number of rotatable bonds is 0. The van der Waals surface area contributed by atoms with Gasteiger partial charge in [-0.1, -0.05) is 13.8 Å². The molecule has 0 saturated heterocycles. The second kappa shape index (κ2) is 29.9. The fourth-order valence-electron chi connectivity index (χ4n) is 0.354. The first-order valence-electron chi connectivity index (χ1n) is 4.87. The molecule has 78 valence electrons. The first-order valence-corrected chi connectivity index (χ1v) is 4.87. The van der Waals surface area contributed by atoms with Gasteiger partial charge < -0.3 is 0 Å². The number of hydrogen-bond acceptors (Lipinski definition) is 0. The third-order valence-electron chi connectivity index (χ3n) is 0.957. The highest BCUT2D eigenvalue weighted by molar-refractivity contribution is 4.93. The third kappa shape index (κ3) is 73.9. The monoisotopic (exact) mass is 190 g/mol. The molecule has 0 aromatic carbocycles. The van der Waals surface area contributed by atoms with Gasteiger partial charge in [0, 0.05) is 12.8 Å². The van der Waals surface area contributed by atoms with Gasteiger partial charge in [0.2, 0.25) is 0 Å². The summed E-state index contributed by atoms with van der Waals surface area (Å²) in [7, 11) is 0. The molecule has 0 heterocycles. The van der Waals surface area contributed by atoms with E-state index in [2.05, 4.69) is 35.5 Å². The predicted molar refractivity (Wildman–Crippen MR) is 66.6 cm³/mol. The van der Waals surface area contributed by atoms with Gasteiger partial charge in [-0.15, -0.1) is 35.5 Å². The van der Waals surface area contributed by atoms with Crippen molar-refractivity contribution in [1.29, 1.82) is 0 Å². The van der Waals surface area contributed by atoms with Crippen molar-refractivity contribution in [3.8, 4) is 35.5 Å². The van der Waals surface area contributed by atoms with Crippen LogP contribution in [0.15, 0.2) is 0 Å². The Morgan fingerprint density at radius 3 is 0.857 bits per heavy atom. The van der Waals surface area contributed by atoms with E-state index in [4.69, 9.17) is 0 Å².